The Balaban J connectivity index is 3.03. The van der Waals surface area contributed by atoms with Gasteiger partial charge in [0.1, 0.15) is 0 Å². The Labute approximate surface area is 73.5 Å². The zero-order valence-corrected chi connectivity index (χ0v) is 7.74. The summed E-state index contributed by atoms with van der Waals surface area (Å²) in [6.07, 6.45) is 3.52. The molecule has 0 amide bonds. The quantitative estimate of drug-likeness (QED) is 0.552. The van der Waals surface area contributed by atoms with Crippen LogP contribution in [-0.2, 0) is 0 Å². The lowest BCUT2D eigenvalue weighted by Crippen LogP contribution is -1.74. The molecule has 0 aliphatic carbocycles. The van der Waals surface area contributed by atoms with Crippen LogP contribution in [0.2, 0.25) is 0 Å². The fraction of sp³-hybridized carbons (Fsp3) is 0.143. The third kappa shape index (κ3) is 1.76. The lowest BCUT2D eigenvalue weighted by Gasteiger charge is -1.94. The highest BCUT2D eigenvalue weighted by molar-refractivity contribution is 14.1. The number of aryl methyl sites for hydroxylation is 1. The van der Waals surface area contributed by atoms with Crippen LogP contribution in [0.4, 0.5) is 5.69 Å². The van der Waals surface area contributed by atoms with Crippen LogP contribution in [0.1, 0.15) is 5.56 Å². The highest BCUT2D eigenvalue weighted by atomic mass is 127. The van der Waals surface area contributed by atoms with Gasteiger partial charge < -0.3 is 0 Å². The lowest BCUT2D eigenvalue weighted by atomic mass is 10.3. The van der Waals surface area contributed by atoms with E-state index in [1.54, 1.807) is 16.6 Å². The summed E-state index contributed by atoms with van der Waals surface area (Å²) >= 11 is 2.09. The van der Waals surface area contributed by atoms with Crippen molar-refractivity contribution in [1.82, 2.24) is 4.98 Å². The molecule has 52 valence electrons. The molecule has 1 aromatic heterocycles. The van der Waals surface area contributed by atoms with Crippen LogP contribution in [0.15, 0.2) is 23.5 Å². The minimum absolute atomic E-state index is 0.942. The van der Waals surface area contributed by atoms with Crippen LogP contribution in [0, 0.1) is 6.92 Å². The van der Waals surface area contributed by atoms with Crippen LogP contribution in [0.25, 0.3) is 0 Å². The third-order valence-electron chi connectivity index (χ3n) is 1.20. The molecule has 0 N–H and O–H groups in total. The summed E-state index contributed by atoms with van der Waals surface area (Å²) in [5.41, 5.74) is 2.10. The highest BCUT2D eigenvalue weighted by Gasteiger charge is 1.90. The van der Waals surface area contributed by atoms with Crippen molar-refractivity contribution < 1.29 is 0 Å². The minimum atomic E-state index is 0.942. The summed E-state index contributed by atoms with van der Waals surface area (Å²) in [4.78, 5) is 8.05. The first-order chi connectivity index (χ1) is 4.84. The Morgan fingerprint density at radius 1 is 1.70 bits per heavy atom. The van der Waals surface area contributed by atoms with Gasteiger partial charge in [-0.1, -0.05) is 0 Å². The molecule has 0 bridgehead atoms. The number of aromatic nitrogens is 1. The summed E-state index contributed by atoms with van der Waals surface area (Å²) in [7, 11) is 0. The van der Waals surface area contributed by atoms with Gasteiger partial charge in [0.25, 0.3) is 0 Å². The van der Waals surface area contributed by atoms with Crippen LogP contribution in [-0.4, -0.2) is 9.21 Å². The molecular formula is C7H7IN2. The highest BCUT2D eigenvalue weighted by Crippen LogP contribution is 2.14. The SMILES string of the molecule is Cc1ccncc1N=CI. The predicted octanol–water partition coefficient (Wildman–Crippen LogP) is 2.48. The van der Waals surface area contributed by atoms with Crippen molar-refractivity contribution in [1.29, 1.82) is 0 Å². The molecule has 0 aromatic carbocycles. The van der Waals surface area contributed by atoms with E-state index in [0.717, 1.165) is 11.3 Å². The van der Waals surface area contributed by atoms with Crippen LogP contribution in [0.5, 0.6) is 0 Å². The maximum atomic E-state index is 4.11. The van der Waals surface area contributed by atoms with Crippen molar-refractivity contribution in [3.05, 3.63) is 24.0 Å². The van der Waals surface area contributed by atoms with E-state index in [9.17, 15) is 0 Å². The fourth-order valence-corrected chi connectivity index (χ4v) is 0.943. The molecule has 0 fully saturated rings. The largest absolute Gasteiger partial charge is 0.262 e. The van der Waals surface area contributed by atoms with E-state index < -0.39 is 0 Å². The van der Waals surface area contributed by atoms with Crippen molar-refractivity contribution in [3.8, 4) is 0 Å². The summed E-state index contributed by atoms with van der Waals surface area (Å²) in [5.74, 6) is 0. The van der Waals surface area contributed by atoms with Gasteiger partial charge in [0.05, 0.1) is 16.1 Å². The van der Waals surface area contributed by atoms with Gasteiger partial charge in [-0.2, -0.15) is 0 Å². The molecule has 0 atom stereocenters. The van der Waals surface area contributed by atoms with E-state index >= 15 is 0 Å². The third-order valence-corrected chi connectivity index (χ3v) is 1.48. The molecule has 0 saturated carbocycles. The van der Waals surface area contributed by atoms with E-state index in [1.807, 2.05) is 13.0 Å². The summed E-state index contributed by atoms with van der Waals surface area (Å²) < 4.78 is 1.74. The number of rotatable bonds is 1. The smallest absolute Gasteiger partial charge is 0.0847 e. The van der Waals surface area contributed by atoms with Crippen molar-refractivity contribution in [2.75, 3.05) is 0 Å². The first-order valence-electron chi connectivity index (χ1n) is 2.88. The van der Waals surface area contributed by atoms with E-state index in [0.29, 0.717) is 0 Å². The molecule has 1 aromatic rings. The van der Waals surface area contributed by atoms with Crippen molar-refractivity contribution >= 4 is 32.5 Å². The maximum Gasteiger partial charge on any atom is 0.0847 e. The Morgan fingerprint density at radius 3 is 3.10 bits per heavy atom. The number of hydrogen-bond acceptors (Lipinski definition) is 2. The molecule has 10 heavy (non-hydrogen) atoms. The van der Waals surface area contributed by atoms with Gasteiger partial charge in [0.2, 0.25) is 0 Å². The lowest BCUT2D eigenvalue weighted by molar-refractivity contribution is 1.26. The van der Waals surface area contributed by atoms with Gasteiger partial charge in [-0.3, -0.25) is 4.98 Å². The fourth-order valence-electron chi connectivity index (χ4n) is 0.643. The zero-order valence-electron chi connectivity index (χ0n) is 5.58. The summed E-state index contributed by atoms with van der Waals surface area (Å²) in [6.45, 7) is 2.01. The average molecular weight is 246 g/mol. The van der Waals surface area contributed by atoms with E-state index in [2.05, 4.69) is 32.6 Å². The van der Waals surface area contributed by atoms with E-state index in [4.69, 9.17) is 0 Å². The van der Waals surface area contributed by atoms with Crippen molar-refractivity contribution in [2.24, 2.45) is 4.99 Å². The van der Waals surface area contributed by atoms with Crippen LogP contribution in [0.3, 0.4) is 0 Å². The molecule has 1 heterocycles. The molecule has 3 heteroatoms. The number of hydrogen-bond donors (Lipinski definition) is 0. The summed E-state index contributed by atoms with van der Waals surface area (Å²) in [5, 5.41) is 0. The van der Waals surface area contributed by atoms with E-state index in [1.165, 1.54) is 0 Å². The Morgan fingerprint density at radius 2 is 2.50 bits per heavy atom. The molecule has 0 unspecified atom stereocenters. The molecule has 1 rings (SSSR count). The number of halogens is 1. The Hall–Kier alpha value is -0.450. The average Bonchev–Trinajstić information content (AvgIpc) is 1.94. The number of pyridine rings is 1. The molecule has 0 saturated heterocycles. The second-order valence-corrected chi connectivity index (χ2v) is 2.45. The molecule has 0 aliphatic heterocycles. The second kappa shape index (κ2) is 3.65. The predicted molar refractivity (Wildman–Crippen MR) is 51.1 cm³/mol. The Bertz CT molecular complexity index is 245. The normalized spacial score (nSPS) is 10.6. The number of aliphatic imine (C=N–C) groups is 1. The first-order valence-corrected chi connectivity index (χ1v) is 4.12. The minimum Gasteiger partial charge on any atom is -0.262 e. The van der Waals surface area contributed by atoms with Crippen LogP contribution >= 0.6 is 22.6 Å². The molecule has 0 spiro atoms. The van der Waals surface area contributed by atoms with Gasteiger partial charge in [-0.15, -0.1) is 0 Å². The van der Waals surface area contributed by atoms with Gasteiger partial charge in [-0.25, -0.2) is 4.99 Å². The molecule has 2 nitrogen and oxygen atoms in total. The van der Waals surface area contributed by atoms with Crippen molar-refractivity contribution in [3.63, 3.8) is 0 Å². The standard InChI is InChI=1S/C7H7IN2/c1-6-2-3-9-4-7(6)10-5-8/h2-5H,1H3. The molecule has 0 radical (unpaired) electrons. The monoisotopic (exact) mass is 246 g/mol. The number of nitrogens with zero attached hydrogens (tertiary/aromatic N) is 2. The van der Waals surface area contributed by atoms with Crippen LogP contribution < -0.4 is 0 Å². The first kappa shape index (κ1) is 7.65. The van der Waals surface area contributed by atoms with Crippen molar-refractivity contribution in [2.45, 2.75) is 6.92 Å². The van der Waals surface area contributed by atoms with Gasteiger partial charge >= 0.3 is 0 Å². The second-order valence-electron chi connectivity index (χ2n) is 1.89. The van der Waals surface area contributed by atoms with Gasteiger partial charge in [-0.05, 0) is 41.1 Å². The van der Waals surface area contributed by atoms with E-state index in [-0.39, 0.29) is 0 Å². The topological polar surface area (TPSA) is 25.2 Å². The zero-order chi connectivity index (χ0) is 7.40. The molecular weight excluding hydrogens is 239 g/mol. The summed E-state index contributed by atoms with van der Waals surface area (Å²) in [6, 6.07) is 1.94. The van der Waals surface area contributed by atoms with Gasteiger partial charge in [0, 0.05) is 6.20 Å². The van der Waals surface area contributed by atoms with Gasteiger partial charge in [0.15, 0.2) is 0 Å². The maximum absolute atomic E-state index is 4.11. The molecule has 0 aliphatic rings. The Kier molecular flexibility index (Phi) is 2.80.